The standard InChI is InChI=1S/C21H23N3O2/c1-2-11-24-12-22-18-16-14-9-6-10-15(14)17(13-7-4-3-5-8-13)23-20(16)26-19(18)21(24)25/h2,12-13H,1,3-11H2. The summed E-state index contributed by atoms with van der Waals surface area (Å²) in [5.41, 5.74) is 5.40. The minimum absolute atomic E-state index is 0.154. The van der Waals surface area contributed by atoms with Gasteiger partial charge in [-0.05, 0) is 43.2 Å². The van der Waals surface area contributed by atoms with Crippen molar-refractivity contribution >= 4 is 22.2 Å². The van der Waals surface area contributed by atoms with Crippen molar-refractivity contribution in [2.45, 2.75) is 63.8 Å². The Balaban J connectivity index is 1.78. The van der Waals surface area contributed by atoms with Crippen LogP contribution < -0.4 is 5.56 Å². The molecule has 0 radical (unpaired) electrons. The Bertz CT molecular complexity index is 1070. The quantitative estimate of drug-likeness (QED) is 0.663. The SMILES string of the molecule is C=CCn1cnc2c(oc3nc(C4CCCCC4)c4c(c32)CCC4)c1=O. The molecule has 0 aliphatic heterocycles. The van der Waals surface area contributed by atoms with Crippen LogP contribution in [0.4, 0.5) is 0 Å². The summed E-state index contributed by atoms with van der Waals surface area (Å²) in [5, 5.41) is 0.968. The average molecular weight is 349 g/mol. The van der Waals surface area contributed by atoms with Crippen molar-refractivity contribution in [3.63, 3.8) is 0 Å². The van der Waals surface area contributed by atoms with Crippen LogP contribution in [0.15, 0.2) is 28.2 Å². The average Bonchev–Trinajstić information content (AvgIpc) is 3.28. The van der Waals surface area contributed by atoms with Crippen molar-refractivity contribution in [2.24, 2.45) is 0 Å². The summed E-state index contributed by atoms with van der Waals surface area (Å²) < 4.78 is 7.51. The maximum absolute atomic E-state index is 12.7. The summed E-state index contributed by atoms with van der Waals surface area (Å²) in [6.07, 6.45) is 12.9. The number of furan rings is 1. The highest BCUT2D eigenvalue weighted by molar-refractivity contribution is 6.03. The van der Waals surface area contributed by atoms with E-state index in [2.05, 4.69) is 11.6 Å². The van der Waals surface area contributed by atoms with Gasteiger partial charge in [0.1, 0.15) is 5.52 Å². The van der Waals surface area contributed by atoms with Crippen LogP contribution >= 0.6 is 0 Å². The Kier molecular flexibility index (Phi) is 3.69. The number of aromatic nitrogens is 3. The molecule has 5 nitrogen and oxygen atoms in total. The normalized spacial score (nSPS) is 17.8. The van der Waals surface area contributed by atoms with E-state index in [4.69, 9.17) is 9.40 Å². The van der Waals surface area contributed by atoms with E-state index in [1.54, 1.807) is 12.4 Å². The molecule has 2 aliphatic rings. The second kappa shape index (κ2) is 6.08. The molecule has 5 heteroatoms. The molecular weight excluding hydrogens is 326 g/mol. The monoisotopic (exact) mass is 349 g/mol. The summed E-state index contributed by atoms with van der Waals surface area (Å²) in [4.78, 5) is 22.2. The maximum Gasteiger partial charge on any atom is 0.297 e. The fourth-order valence-corrected chi connectivity index (χ4v) is 4.80. The minimum Gasteiger partial charge on any atom is -0.430 e. The van der Waals surface area contributed by atoms with Gasteiger partial charge < -0.3 is 4.42 Å². The van der Waals surface area contributed by atoms with Crippen LogP contribution in [0.2, 0.25) is 0 Å². The molecule has 2 aliphatic carbocycles. The van der Waals surface area contributed by atoms with E-state index in [0.717, 1.165) is 24.6 Å². The van der Waals surface area contributed by atoms with Crippen LogP contribution in [-0.4, -0.2) is 14.5 Å². The summed E-state index contributed by atoms with van der Waals surface area (Å²) in [6.45, 7) is 4.13. The molecular formula is C21H23N3O2. The molecule has 1 fully saturated rings. The minimum atomic E-state index is -0.154. The zero-order valence-corrected chi connectivity index (χ0v) is 15.0. The lowest BCUT2D eigenvalue weighted by Gasteiger charge is -2.23. The summed E-state index contributed by atoms with van der Waals surface area (Å²) >= 11 is 0. The lowest BCUT2D eigenvalue weighted by atomic mass is 9.84. The smallest absolute Gasteiger partial charge is 0.297 e. The van der Waals surface area contributed by atoms with E-state index in [-0.39, 0.29) is 5.56 Å². The molecule has 0 amide bonds. The second-order valence-corrected chi connectivity index (χ2v) is 7.59. The van der Waals surface area contributed by atoms with Crippen molar-refractivity contribution < 1.29 is 4.42 Å². The number of aryl methyl sites for hydroxylation is 1. The molecule has 0 aromatic carbocycles. The van der Waals surface area contributed by atoms with Crippen molar-refractivity contribution in [2.75, 3.05) is 0 Å². The molecule has 1 saturated carbocycles. The zero-order chi connectivity index (χ0) is 17.7. The van der Waals surface area contributed by atoms with Gasteiger partial charge in [-0.3, -0.25) is 9.36 Å². The van der Waals surface area contributed by atoms with Crippen LogP contribution in [0.3, 0.4) is 0 Å². The largest absolute Gasteiger partial charge is 0.430 e. The van der Waals surface area contributed by atoms with Gasteiger partial charge in [0.25, 0.3) is 5.56 Å². The van der Waals surface area contributed by atoms with Crippen LogP contribution in [-0.2, 0) is 19.4 Å². The molecule has 0 atom stereocenters. The third-order valence-electron chi connectivity index (χ3n) is 6.01. The molecule has 0 bridgehead atoms. The first-order valence-corrected chi connectivity index (χ1v) is 9.72. The van der Waals surface area contributed by atoms with E-state index < -0.39 is 0 Å². The number of fused-ring (bicyclic) bond motifs is 5. The fourth-order valence-electron chi connectivity index (χ4n) is 4.80. The number of rotatable bonds is 3. The first kappa shape index (κ1) is 15.8. The molecule has 5 rings (SSSR count). The predicted octanol–water partition coefficient (Wildman–Crippen LogP) is 4.26. The Hall–Kier alpha value is -2.43. The molecule has 3 aromatic rings. The number of nitrogens with zero attached hydrogens (tertiary/aromatic N) is 3. The lowest BCUT2D eigenvalue weighted by molar-refractivity contribution is 0.434. The van der Waals surface area contributed by atoms with Gasteiger partial charge in [-0.2, -0.15) is 0 Å². The molecule has 0 unspecified atom stereocenters. The van der Waals surface area contributed by atoms with Gasteiger partial charge in [0, 0.05) is 12.5 Å². The van der Waals surface area contributed by atoms with Crippen LogP contribution in [0.1, 0.15) is 61.3 Å². The zero-order valence-electron chi connectivity index (χ0n) is 15.0. The summed E-state index contributed by atoms with van der Waals surface area (Å²) in [7, 11) is 0. The first-order chi connectivity index (χ1) is 12.8. The Morgan fingerprint density at radius 1 is 1.19 bits per heavy atom. The van der Waals surface area contributed by atoms with E-state index in [1.807, 2.05) is 0 Å². The number of allylic oxidation sites excluding steroid dienone is 1. The number of pyridine rings is 1. The topological polar surface area (TPSA) is 60.9 Å². The van der Waals surface area contributed by atoms with E-state index >= 15 is 0 Å². The van der Waals surface area contributed by atoms with Crippen LogP contribution in [0.5, 0.6) is 0 Å². The number of hydrogen-bond acceptors (Lipinski definition) is 4. The Labute approximate surface area is 151 Å². The molecule has 3 heterocycles. The van der Waals surface area contributed by atoms with E-state index in [0.29, 0.717) is 29.3 Å². The van der Waals surface area contributed by atoms with Crippen LogP contribution in [0.25, 0.3) is 22.2 Å². The highest BCUT2D eigenvalue weighted by Gasteiger charge is 2.29. The lowest BCUT2D eigenvalue weighted by Crippen LogP contribution is -2.19. The molecule has 0 saturated heterocycles. The van der Waals surface area contributed by atoms with Gasteiger partial charge in [-0.15, -0.1) is 6.58 Å². The third-order valence-corrected chi connectivity index (χ3v) is 6.01. The van der Waals surface area contributed by atoms with Crippen molar-refractivity contribution in [3.05, 3.63) is 46.2 Å². The van der Waals surface area contributed by atoms with Gasteiger partial charge in [-0.1, -0.05) is 25.3 Å². The number of hydrogen-bond donors (Lipinski definition) is 0. The second-order valence-electron chi connectivity index (χ2n) is 7.59. The van der Waals surface area contributed by atoms with Gasteiger partial charge in [-0.25, -0.2) is 9.97 Å². The van der Waals surface area contributed by atoms with Gasteiger partial charge in [0.05, 0.1) is 17.4 Å². The van der Waals surface area contributed by atoms with Gasteiger partial charge in [0.2, 0.25) is 11.3 Å². The molecule has 134 valence electrons. The molecule has 0 spiro atoms. The Morgan fingerprint density at radius 3 is 2.81 bits per heavy atom. The molecule has 0 N–H and O–H groups in total. The summed E-state index contributed by atoms with van der Waals surface area (Å²) in [5.74, 6) is 0.540. The highest BCUT2D eigenvalue weighted by atomic mass is 16.3. The van der Waals surface area contributed by atoms with Crippen LogP contribution in [0, 0.1) is 0 Å². The first-order valence-electron chi connectivity index (χ1n) is 9.72. The predicted molar refractivity (Wildman–Crippen MR) is 102 cm³/mol. The van der Waals surface area contributed by atoms with Crippen molar-refractivity contribution in [1.82, 2.24) is 14.5 Å². The van der Waals surface area contributed by atoms with E-state index in [1.165, 1.54) is 53.5 Å². The summed E-state index contributed by atoms with van der Waals surface area (Å²) in [6, 6.07) is 0. The molecule has 26 heavy (non-hydrogen) atoms. The maximum atomic E-state index is 12.7. The van der Waals surface area contributed by atoms with E-state index in [9.17, 15) is 4.79 Å². The van der Waals surface area contributed by atoms with Gasteiger partial charge >= 0.3 is 0 Å². The fraction of sp³-hybridized carbons (Fsp3) is 0.476. The third kappa shape index (κ3) is 2.26. The van der Waals surface area contributed by atoms with Gasteiger partial charge in [0.15, 0.2) is 0 Å². The molecule has 3 aromatic heterocycles. The van der Waals surface area contributed by atoms with Crippen molar-refractivity contribution in [1.29, 1.82) is 0 Å². The highest BCUT2D eigenvalue weighted by Crippen LogP contribution is 2.41. The van der Waals surface area contributed by atoms with Crippen molar-refractivity contribution in [3.8, 4) is 0 Å². The Morgan fingerprint density at radius 2 is 2.00 bits per heavy atom.